The second-order valence-electron chi connectivity index (χ2n) is 4.74. The van der Waals surface area contributed by atoms with Gasteiger partial charge in [-0.2, -0.15) is 5.10 Å². The molecule has 0 aliphatic carbocycles. The lowest BCUT2D eigenvalue weighted by Gasteiger charge is -2.18. The van der Waals surface area contributed by atoms with E-state index >= 15 is 0 Å². The number of rotatable bonds is 1. The molecule has 1 N–H and O–H groups in total. The van der Waals surface area contributed by atoms with Gasteiger partial charge in [0, 0.05) is 5.39 Å². The van der Waals surface area contributed by atoms with Crippen molar-refractivity contribution in [3.63, 3.8) is 0 Å². The maximum atomic E-state index is 10.8. The number of H-pyrrole nitrogens is 1. The van der Waals surface area contributed by atoms with Gasteiger partial charge in [0.25, 0.3) is 0 Å². The molecule has 0 spiro atoms. The highest BCUT2D eigenvalue weighted by Crippen LogP contribution is 2.26. The molecule has 1 heterocycles. The fourth-order valence-electron chi connectivity index (χ4n) is 1.59. The van der Waals surface area contributed by atoms with Crippen LogP contribution in [-0.2, 0) is 5.41 Å². The number of aromatic nitrogens is 2. The van der Waals surface area contributed by atoms with Gasteiger partial charge in [-0.1, -0.05) is 26.8 Å². The molecule has 78 valence electrons. The first-order valence-corrected chi connectivity index (χ1v) is 4.96. The van der Waals surface area contributed by atoms with Gasteiger partial charge < -0.3 is 0 Å². The highest BCUT2D eigenvalue weighted by molar-refractivity contribution is 5.95. The molecule has 3 nitrogen and oxygen atoms in total. The van der Waals surface area contributed by atoms with Gasteiger partial charge in [-0.25, -0.2) is 0 Å². The van der Waals surface area contributed by atoms with Crippen molar-refractivity contribution < 1.29 is 4.79 Å². The fourth-order valence-corrected chi connectivity index (χ4v) is 1.59. The van der Waals surface area contributed by atoms with E-state index in [4.69, 9.17) is 0 Å². The van der Waals surface area contributed by atoms with Crippen LogP contribution in [0.5, 0.6) is 0 Å². The molecule has 15 heavy (non-hydrogen) atoms. The number of carbonyl (C=O) groups excluding carboxylic acids is 1. The van der Waals surface area contributed by atoms with Crippen molar-refractivity contribution in [1.29, 1.82) is 0 Å². The predicted octanol–water partition coefficient (Wildman–Crippen LogP) is 2.67. The molecule has 0 aliphatic rings. The van der Waals surface area contributed by atoms with E-state index < -0.39 is 0 Å². The topological polar surface area (TPSA) is 45.8 Å². The van der Waals surface area contributed by atoms with Crippen molar-refractivity contribution in [2.45, 2.75) is 26.2 Å². The molecule has 0 aliphatic heterocycles. The first kappa shape index (κ1) is 9.90. The molecule has 2 aromatic rings. The number of fused-ring (bicyclic) bond motifs is 1. The maximum Gasteiger partial charge on any atom is 0.168 e. The maximum absolute atomic E-state index is 10.8. The number of hydrogen-bond donors (Lipinski definition) is 1. The van der Waals surface area contributed by atoms with Gasteiger partial charge in [-0.05, 0) is 23.1 Å². The minimum atomic E-state index is 0.0889. The lowest BCUT2D eigenvalue weighted by atomic mass is 9.86. The first-order valence-electron chi connectivity index (χ1n) is 4.96. The lowest BCUT2D eigenvalue weighted by molar-refractivity contribution is 0.112. The molecule has 3 heteroatoms. The van der Waals surface area contributed by atoms with Crippen molar-refractivity contribution in [2.75, 3.05) is 0 Å². The summed E-state index contributed by atoms with van der Waals surface area (Å²) in [7, 11) is 0. The van der Waals surface area contributed by atoms with Gasteiger partial charge in [0.15, 0.2) is 6.29 Å². The molecular formula is C12H14N2O. The number of nitrogens with zero attached hydrogens (tertiary/aromatic N) is 1. The Hall–Kier alpha value is -1.64. The molecule has 0 saturated heterocycles. The van der Waals surface area contributed by atoms with E-state index in [2.05, 4.69) is 37.0 Å². The standard InChI is InChI=1S/C12H14N2O/c1-12(2,3)8-4-5-10-9(6-8)11(7-15)14-13-10/h4-7H,1-3H3,(H,13,14). The van der Waals surface area contributed by atoms with E-state index in [9.17, 15) is 4.79 Å². The van der Waals surface area contributed by atoms with Crippen molar-refractivity contribution in [3.8, 4) is 0 Å². The summed E-state index contributed by atoms with van der Waals surface area (Å²) in [5.74, 6) is 0. The minimum Gasteiger partial charge on any atom is -0.296 e. The number of nitrogens with one attached hydrogen (secondary N) is 1. The predicted molar refractivity (Wildman–Crippen MR) is 60.2 cm³/mol. The summed E-state index contributed by atoms with van der Waals surface area (Å²) in [5, 5.41) is 7.68. The Morgan fingerprint density at radius 1 is 1.33 bits per heavy atom. The Labute approximate surface area is 88.5 Å². The summed E-state index contributed by atoms with van der Waals surface area (Å²) in [6.45, 7) is 6.44. The number of benzene rings is 1. The monoisotopic (exact) mass is 202 g/mol. The molecule has 1 aromatic heterocycles. The summed E-state index contributed by atoms with van der Waals surface area (Å²) in [6, 6.07) is 6.03. The molecule has 2 rings (SSSR count). The zero-order valence-electron chi connectivity index (χ0n) is 9.16. The summed E-state index contributed by atoms with van der Waals surface area (Å²) in [6.07, 6.45) is 0.807. The third-order valence-electron chi connectivity index (χ3n) is 2.57. The minimum absolute atomic E-state index is 0.0889. The van der Waals surface area contributed by atoms with Crippen LogP contribution in [0.2, 0.25) is 0 Å². The molecular weight excluding hydrogens is 188 g/mol. The molecule has 0 bridgehead atoms. The summed E-state index contributed by atoms with van der Waals surface area (Å²) in [5.41, 5.74) is 2.69. The van der Waals surface area contributed by atoms with Crippen molar-refractivity contribution in [1.82, 2.24) is 10.2 Å². The van der Waals surface area contributed by atoms with E-state index in [1.54, 1.807) is 0 Å². The zero-order valence-corrected chi connectivity index (χ0v) is 9.16. The van der Waals surface area contributed by atoms with Crippen molar-refractivity contribution >= 4 is 17.2 Å². The average molecular weight is 202 g/mol. The molecule has 0 atom stereocenters. The third kappa shape index (κ3) is 1.65. The van der Waals surface area contributed by atoms with Crippen LogP contribution >= 0.6 is 0 Å². The van der Waals surface area contributed by atoms with E-state index in [1.807, 2.05) is 12.1 Å². The smallest absolute Gasteiger partial charge is 0.168 e. The normalized spacial score (nSPS) is 11.9. The number of hydrogen-bond acceptors (Lipinski definition) is 2. The second kappa shape index (κ2) is 3.19. The van der Waals surface area contributed by atoms with Crippen LogP contribution in [0.4, 0.5) is 0 Å². The summed E-state index contributed by atoms with van der Waals surface area (Å²) < 4.78 is 0. The van der Waals surface area contributed by atoms with Crippen LogP contribution in [-0.4, -0.2) is 16.5 Å². The largest absolute Gasteiger partial charge is 0.296 e. The molecule has 0 amide bonds. The van der Waals surface area contributed by atoms with Crippen molar-refractivity contribution in [2.24, 2.45) is 0 Å². The highest BCUT2D eigenvalue weighted by atomic mass is 16.1. The number of aldehydes is 1. The van der Waals surface area contributed by atoms with Gasteiger partial charge >= 0.3 is 0 Å². The van der Waals surface area contributed by atoms with Crippen LogP contribution in [0.25, 0.3) is 10.9 Å². The van der Waals surface area contributed by atoms with E-state index in [1.165, 1.54) is 5.56 Å². The molecule has 1 aromatic carbocycles. The second-order valence-corrected chi connectivity index (χ2v) is 4.74. The Kier molecular flexibility index (Phi) is 2.11. The van der Waals surface area contributed by atoms with Gasteiger partial charge in [0.2, 0.25) is 0 Å². The molecule has 0 unspecified atom stereocenters. The van der Waals surface area contributed by atoms with E-state index in [0.29, 0.717) is 5.69 Å². The van der Waals surface area contributed by atoms with Crippen LogP contribution < -0.4 is 0 Å². The first-order chi connectivity index (χ1) is 7.02. The third-order valence-corrected chi connectivity index (χ3v) is 2.57. The van der Waals surface area contributed by atoms with Gasteiger partial charge in [-0.15, -0.1) is 0 Å². The Morgan fingerprint density at radius 2 is 2.07 bits per heavy atom. The number of aromatic amines is 1. The van der Waals surface area contributed by atoms with E-state index in [0.717, 1.165) is 17.2 Å². The average Bonchev–Trinajstić information content (AvgIpc) is 2.57. The lowest BCUT2D eigenvalue weighted by Crippen LogP contribution is -2.10. The van der Waals surface area contributed by atoms with Gasteiger partial charge in [0.05, 0.1) is 5.52 Å². The Bertz CT molecular complexity index is 506. The van der Waals surface area contributed by atoms with E-state index in [-0.39, 0.29) is 5.41 Å². The van der Waals surface area contributed by atoms with Crippen molar-refractivity contribution in [3.05, 3.63) is 29.5 Å². The fraction of sp³-hybridized carbons (Fsp3) is 0.333. The quantitative estimate of drug-likeness (QED) is 0.722. The van der Waals surface area contributed by atoms with Gasteiger partial charge in [0.1, 0.15) is 5.69 Å². The summed E-state index contributed by atoms with van der Waals surface area (Å²) >= 11 is 0. The molecule has 0 radical (unpaired) electrons. The van der Waals surface area contributed by atoms with Crippen LogP contribution in [0, 0.1) is 0 Å². The SMILES string of the molecule is CC(C)(C)c1ccc2n[nH]c(C=O)c2c1. The molecule has 0 fully saturated rings. The molecule has 0 saturated carbocycles. The Balaban J connectivity index is 2.68. The van der Waals surface area contributed by atoms with Crippen LogP contribution in [0.3, 0.4) is 0 Å². The zero-order chi connectivity index (χ0) is 11.1. The summed E-state index contributed by atoms with van der Waals surface area (Å²) in [4.78, 5) is 10.8. The Morgan fingerprint density at radius 3 is 2.67 bits per heavy atom. The number of carbonyl (C=O) groups is 1. The highest BCUT2D eigenvalue weighted by Gasteiger charge is 2.15. The van der Waals surface area contributed by atoms with Gasteiger partial charge in [-0.3, -0.25) is 9.89 Å². The van der Waals surface area contributed by atoms with Crippen LogP contribution in [0.1, 0.15) is 36.8 Å². The van der Waals surface area contributed by atoms with Crippen LogP contribution in [0.15, 0.2) is 18.2 Å².